The second-order valence-corrected chi connectivity index (χ2v) is 10.4. The fourth-order valence-corrected chi connectivity index (χ4v) is 5.85. The summed E-state index contributed by atoms with van der Waals surface area (Å²) in [7, 11) is 3.25. The number of benzene rings is 2. The monoisotopic (exact) mass is 545 g/mol. The molecule has 3 heterocycles. The molecule has 0 bridgehead atoms. The molecule has 10 heteroatoms. The fourth-order valence-electron chi connectivity index (χ4n) is 3.97. The molecule has 192 valence electrons. The number of fused-ring (bicyclic) bond motifs is 1. The summed E-state index contributed by atoms with van der Waals surface area (Å²) in [6, 6.07) is 19.0. The van der Waals surface area contributed by atoms with Gasteiger partial charge in [0, 0.05) is 22.9 Å². The number of nitrogens with zero attached hydrogens (tertiary/aromatic N) is 4. The molecule has 5 rings (SSSR count). The Balaban J connectivity index is 1.38. The smallest absolute Gasteiger partial charge is 0.391 e. The van der Waals surface area contributed by atoms with Crippen molar-refractivity contribution in [3.63, 3.8) is 0 Å². The van der Waals surface area contributed by atoms with Gasteiger partial charge in [-0.1, -0.05) is 11.8 Å². The Morgan fingerprint density at radius 3 is 2.05 bits per heavy atom. The molecule has 5 aromatic rings. The molecular formula is C28H25N4O4S2+. The first kappa shape index (κ1) is 25.6. The zero-order chi connectivity index (χ0) is 26.8. The minimum atomic E-state index is -0.218. The Labute approximate surface area is 228 Å². The molecule has 0 amide bonds. The Morgan fingerprint density at radius 2 is 1.47 bits per heavy atom. The van der Waals surface area contributed by atoms with Crippen LogP contribution in [0.4, 0.5) is 0 Å². The van der Waals surface area contributed by atoms with Crippen LogP contribution in [-0.2, 0) is 0 Å². The van der Waals surface area contributed by atoms with Gasteiger partial charge in [-0.25, -0.2) is 9.97 Å². The van der Waals surface area contributed by atoms with E-state index in [0.29, 0.717) is 10.1 Å². The molecule has 1 N–H and O–H groups in total. The van der Waals surface area contributed by atoms with Crippen molar-refractivity contribution < 1.29 is 23.8 Å². The average molecular weight is 546 g/mol. The molecule has 0 radical (unpaired) electrons. The highest BCUT2D eigenvalue weighted by atomic mass is 32.2. The number of aryl methyl sites for hydroxylation is 2. The highest BCUT2D eigenvalue weighted by Gasteiger charge is 2.28. The molecular weight excluding hydrogens is 520 g/mol. The van der Waals surface area contributed by atoms with Crippen LogP contribution in [-0.4, -0.2) is 45.8 Å². The van der Waals surface area contributed by atoms with E-state index < -0.39 is 0 Å². The molecule has 0 fully saturated rings. The van der Waals surface area contributed by atoms with Crippen molar-refractivity contribution in [2.24, 2.45) is 0 Å². The number of aromatic nitrogens is 4. The van der Waals surface area contributed by atoms with E-state index in [1.54, 1.807) is 18.6 Å². The van der Waals surface area contributed by atoms with Gasteiger partial charge in [-0.15, -0.1) is 0 Å². The van der Waals surface area contributed by atoms with Gasteiger partial charge in [-0.3, -0.25) is 4.79 Å². The molecule has 3 aromatic heterocycles. The van der Waals surface area contributed by atoms with Crippen molar-refractivity contribution >= 4 is 33.8 Å². The van der Waals surface area contributed by atoms with E-state index in [1.807, 2.05) is 74.5 Å². The van der Waals surface area contributed by atoms with Gasteiger partial charge in [0.05, 0.1) is 25.7 Å². The second-order valence-electron chi connectivity index (χ2n) is 8.50. The molecule has 0 aliphatic carbocycles. The number of carbonyl (C=O) groups is 1. The average Bonchev–Trinajstić information content (AvgIpc) is 3.28. The number of hydrogen-bond acceptors (Lipinski definition) is 9. The first-order valence-corrected chi connectivity index (χ1v) is 13.5. The Hall–Kier alpha value is -4.02. The second kappa shape index (κ2) is 10.8. The lowest BCUT2D eigenvalue weighted by Gasteiger charge is -2.06. The first-order chi connectivity index (χ1) is 18.4. The summed E-state index contributed by atoms with van der Waals surface area (Å²) in [5.41, 5.74) is 4.92. The molecule has 8 nitrogen and oxygen atoms in total. The van der Waals surface area contributed by atoms with E-state index in [1.165, 1.54) is 23.1 Å². The topological polar surface area (TPSA) is 98.5 Å². The summed E-state index contributed by atoms with van der Waals surface area (Å²) in [6.07, 6.45) is 0. The Bertz CT molecular complexity index is 1630. The summed E-state index contributed by atoms with van der Waals surface area (Å²) in [6.45, 7) is 3.77. The third kappa shape index (κ3) is 5.18. The Kier molecular flexibility index (Phi) is 7.26. The van der Waals surface area contributed by atoms with E-state index in [4.69, 9.17) is 14.5 Å². The van der Waals surface area contributed by atoms with Crippen LogP contribution in [0, 0.1) is 13.8 Å². The third-order valence-corrected chi connectivity index (χ3v) is 7.82. The molecule has 0 spiro atoms. The van der Waals surface area contributed by atoms with Crippen molar-refractivity contribution in [1.29, 1.82) is 0 Å². The van der Waals surface area contributed by atoms with Crippen LogP contribution >= 0.6 is 23.1 Å². The molecule has 2 aromatic carbocycles. The van der Waals surface area contributed by atoms with E-state index in [2.05, 4.69) is 9.97 Å². The van der Waals surface area contributed by atoms with Gasteiger partial charge in [0.15, 0.2) is 21.5 Å². The number of methoxy groups -OCH3 is 2. The standard InChI is InChI=1S/C28H24N4O4S2/c1-16-13-22(18-5-9-20(35-3)10-6-18)30-27(29-16)37-15-24(33)25-26(34)32-17(2)14-23(31-28(32)38-25)19-7-11-21(36-4)12-8-19/h5-14H,15H2,1-4H3/p+1. The zero-order valence-electron chi connectivity index (χ0n) is 21.3. The van der Waals surface area contributed by atoms with Crippen LogP contribution in [0.1, 0.15) is 21.1 Å². The van der Waals surface area contributed by atoms with Crippen molar-refractivity contribution in [1.82, 2.24) is 15.0 Å². The first-order valence-electron chi connectivity index (χ1n) is 11.7. The number of thioether (sulfide) groups is 1. The number of Topliss-reactive ketones (excluding diaryl/α,β-unsaturated/α-hetero) is 1. The molecule has 0 aliphatic heterocycles. The van der Waals surface area contributed by atoms with E-state index in [0.717, 1.165) is 45.4 Å². The molecule has 0 saturated carbocycles. The summed E-state index contributed by atoms with van der Waals surface area (Å²) < 4.78 is 12.1. The summed E-state index contributed by atoms with van der Waals surface area (Å²) in [4.78, 5) is 27.8. The highest BCUT2D eigenvalue weighted by molar-refractivity contribution is 7.99. The summed E-state index contributed by atoms with van der Waals surface area (Å²) in [5, 5.41) is 11.4. The highest BCUT2D eigenvalue weighted by Crippen LogP contribution is 2.29. The van der Waals surface area contributed by atoms with Crippen molar-refractivity contribution in [2.75, 3.05) is 20.0 Å². The maximum Gasteiger partial charge on any atom is 0.391 e. The van der Waals surface area contributed by atoms with Crippen molar-refractivity contribution in [2.45, 2.75) is 19.0 Å². The fraction of sp³-hybridized carbons (Fsp3) is 0.179. The van der Waals surface area contributed by atoms with Gasteiger partial charge in [-0.2, -0.15) is 4.40 Å². The van der Waals surface area contributed by atoms with Gasteiger partial charge in [0.25, 0.3) is 0 Å². The lowest BCUT2D eigenvalue weighted by molar-refractivity contribution is -0.528. The van der Waals surface area contributed by atoms with Crippen LogP contribution < -0.4 is 13.9 Å². The van der Waals surface area contributed by atoms with E-state index >= 15 is 0 Å². The van der Waals surface area contributed by atoms with E-state index in [-0.39, 0.29) is 22.3 Å². The molecule has 0 saturated heterocycles. The predicted octanol–water partition coefficient (Wildman–Crippen LogP) is 5.32. The number of aromatic hydroxyl groups is 1. The zero-order valence-corrected chi connectivity index (χ0v) is 22.9. The van der Waals surface area contributed by atoms with Crippen molar-refractivity contribution in [3.05, 3.63) is 76.9 Å². The van der Waals surface area contributed by atoms with Crippen molar-refractivity contribution in [3.8, 4) is 39.9 Å². The van der Waals surface area contributed by atoms with Gasteiger partial charge in [0.2, 0.25) is 0 Å². The maximum atomic E-state index is 13.2. The minimum Gasteiger partial charge on any atom is -0.497 e. The lowest BCUT2D eigenvalue weighted by Crippen LogP contribution is -2.25. The number of carbonyl (C=O) groups excluding carboxylic acids is 1. The maximum absolute atomic E-state index is 13.2. The molecule has 0 unspecified atom stereocenters. The third-order valence-electron chi connectivity index (χ3n) is 5.90. The predicted molar refractivity (Wildman–Crippen MR) is 147 cm³/mol. The number of rotatable bonds is 8. The number of ketones is 1. The van der Waals surface area contributed by atoms with Crippen LogP contribution in [0.15, 0.2) is 65.8 Å². The van der Waals surface area contributed by atoms with Crippen LogP contribution in [0.2, 0.25) is 0 Å². The number of ether oxygens (including phenoxy) is 2. The van der Waals surface area contributed by atoms with Crippen LogP contribution in [0.5, 0.6) is 17.4 Å². The summed E-state index contributed by atoms with van der Waals surface area (Å²) >= 11 is 2.40. The molecule has 38 heavy (non-hydrogen) atoms. The van der Waals surface area contributed by atoms with Gasteiger partial charge >= 0.3 is 10.8 Å². The normalized spacial score (nSPS) is 11.1. The van der Waals surface area contributed by atoms with Crippen LogP contribution in [0.3, 0.4) is 0 Å². The SMILES string of the molecule is COc1ccc(-c2cc(C)nc(SCC(=O)c3sc4nc(-c5ccc(OC)cc5)cc(C)[n+]4c3O)n2)cc1. The van der Waals surface area contributed by atoms with E-state index in [9.17, 15) is 9.90 Å². The molecule has 0 aliphatic rings. The van der Waals surface area contributed by atoms with Crippen LogP contribution in [0.25, 0.3) is 27.5 Å². The van der Waals surface area contributed by atoms with Gasteiger partial charge < -0.3 is 14.6 Å². The summed E-state index contributed by atoms with van der Waals surface area (Å²) in [5.74, 6) is 1.28. The van der Waals surface area contributed by atoms with Gasteiger partial charge in [-0.05, 0) is 84.8 Å². The Morgan fingerprint density at radius 1 is 0.895 bits per heavy atom. The quantitative estimate of drug-likeness (QED) is 0.121. The lowest BCUT2D eigenvalue weighted by atomic mass is 10.1. The number of thiazole rings is 1. The van der Waals surface area contributed by atoms with Gasteiger partial charge in [0.1, 0.15) is 17.2 Å². The minimum absolute atomic E-state index is 0.0802. The largest absolute Gasteiger partial charge is 0.497 e. The number of hydrogen-bond donors (Lipinski definition) is 1. The molecule has 0 atom stereocenters.